The largest absolute Gasteiger partial charge is 0.490 e. The molecule has 0 amide bonds. The van der Waals surface area contributed by atoms with E-state index in [0.717, 1.165) is 23.6 Å². The second-order valence-corrected chi connectivity index (χ2v) is 7.23. The molecule has 0 aliphatic heterocycles. The lowest BCUT2D eigenvalue weighted by Gasteiger charge is -2.19. The highest BCUT2D eigenvalue weighted by Crippen LogP contribution is 2.36. The standard InChI is InChI=1S/C22H27ClO/c1-3-16(4-2)21-13-12-18(23)15-22(21)17-8-7-11-20(14-17)24-19-9-5-6-10-19/h7-8,11-16,19H,3-6,9-10H2,1-2H3. The van der Waals surface area contributed by atoms with Crippen LogP contribution in [0.15, 0.2) is 42.5 Å². The SMILES string of the molecule is CCC(CC)c1ccc(Cl)cc1-c1cccc(OC2CCCC2)c1. The maximum atomic E-state index is 6.30. The molecule has 0 bridgehead atoms. The van der Waals surface area contributed by atoms with Crippen molar-refractivity contribution in [2.75, 3.05) is 0 Å². The van der Waals surface area contributed by atoms with E-state index in [4.69, 9.17) is 16.3 Å². The average molecular weight is 343 g/mol. The predicted octanol–water partition coefficient (Wildman–Crippen LogP) is 7.23. The minimum absolute atomic E-state index is 0.387. The number of rotatable bonds is 6. The van der Waals surface area contributed by atoms with Crippen LogP contribution in [0.2, 0.25) is 5.02 Å². The fourth-order valence-corrected chi connectivity index (χ4v) is 3.97. The maximum Gasteiger partial charge on any atom is 0.120 e. The van der Waals surface area contributed by atoms with Gasteiger partial charge < -0.3 is 4.74 Å². The van der Waals surface area contributed by atoms with Crippen molar-refractivity contribution in [3.63, 3.8) is 0 Å². The Bertz CT molecular complexity index is 669. The smallest absolute Gasteiger partial charge is 0.120 e. The van der Waals surface area contributed by atoms with Crippen LogP contribution in [-0.4, -0.2) is 6.10 Å². The Balaban J connectivity index is 1.94. The highest BCUT2D eigenvalue weighted by Gasteiger charge is 2.18. The fraction of sp³-hybridized carbons (Fsp3) is 0.455. The number of benzene rings is 2. The van der Waals surface area contributed by atoms with Crippen molar-refractivity contribution in [3.8, 4) is 16.9 Å². The normalized spacial score (nSPS) is 15.2. The van der Waals surface area contributed by atoms with Crippen molar-refractivity contribution >= 4 is 11.6 Å². The average Bonchev–Trinajstić information content (AvgIpc) is 3.10. The first kappa shape index (κ1) is 17.4. The molecule has 3 rings (SSSR count). The van der Waals surface area contributed by atoms with Gasteiger partial charge in [0, 0.05) is 5.02 Å². The molecule has 0 N–H and O–H groups in total. The van der Waals surface area contributed by atoms with Gasteiger partial charge in [-0.25, -0.2) is 0 Å². The van der Waals surface area contributed by atoms with Gasteiger partial charge in [0.1, 0.15) is 5.75 Å². The lowest BCUT2D eigenvalue weighted by atomic mass is 9.87. The highest BCUT2D eigenvalue weighted by atomic mass is 35.5. The van der Waals surface area contributed by atoms with Crippen LogP contribution in [0.5, 0.6) is 5.75 Å². The van der Waals surface area contributed by atoms with Crippen LogP contribution in [0, 0.1) is 0 Å². The molecule has 128 valence electrons. The molecule has 0 aromatic heterocycles. The van der Waals surface area contributed by atoms with E-state index in [1.54, 1.807) is 0 Å². The summed E-state index contributed by atoms with van der Waals surface area (Å²) in [6.07, 6.45) is 7.61. The molecule has 0 radical (unpaired) electrons. The molecule has 0 atom stereocenters. The number of hydrogen-bond acceptors (Lipinski definition) is 1. The summed E-state index contributed by atoms with van der Waals surface area (Å²) in [6.45, 7) is 4.51. The van der Waals surface area contributed by atoms with E-state index in [-0.39, 0.29) is 0 Å². The molecule has 0 heterocycles. The van der Waals surface area contributed by atoms with E-state index in [0.29, 0.717) is 12.0 Å². The van der Waals surface area contributed by atoms with Gasteiger partial charge in [0.2, 0.25) is 0 Å². The number of halogens is 1. The molecular weight excluding hydrogens is 316 g/mol. The van der Waals surface area contributed by atoms with Gasteiger partial charge in [-0.2, -0.15) is 0 Å². The topological polar surface area (TPSA) is 9.23 Å². The molecule has 2 aromatic carbocycles. The summed E-state index contributed by atoms with van der Waals surface area (Å²) >= 11 is 6.30. The lowest BCUT2D eigenvalue weighted by Crippen LogP contribution is -2.10. The Labute approximate surface area is 151 Å². The summed E-state index contributed by atoms with van der Waals surface area (Å²) < 4.78 is 6.19. The molecule has 1 fully saturated rings. The minimum Gasteiger partial charge on any atom is -0.490 e. The van der Waals surface area contributed by atoms with Crippen LogP contribution in [0.4, 0.5) is 0 Å². The van der Waals surface area contributed by atoms with Crippen LogP contribution in [0.3, 0.4) is 0 Å². The van der Waals surface area contributed by atoms with Crippen LogP contribution >= 0.6 is 11.6 Å². The van der Waals surface area contributed by atoms with Crippen LogP contribution in [0.1, 0.15) is 63.9 Å². The molecule has 0 saturated heterocycles. The van der Waals surface area contributed by atoms with Crippen LogP contribution in [-0.2, 0) is 0 Å². The quantitative estimate of drug-likeness (QED) is 0.537. The molecular formula is C22H27ClO. The first-order valence-corrected chi connectivity index (χ1v) is 9.65. The zero-order chi connectivity index (χ0) is 16.9. The summed E-state index contributed by atoms with van der Waals surface area (Å²) in [5.41, 5.74) is 3.84. The summed E-state index contributed by atoms with van der Waals surface area (Å²) in [4.78, 5) is 0. The Hall–Kier alpha value is -1.47. The maximum absolute atomic E-state index is 6.30. The van der Waals surface area contributed by atoms with Crippen LogP contribution < -0.4 is 4.74 Å². The van der Waals surface area contributed by atoms with Crippen molar-refractivity contribution in [3.05, 3.63) is 53.1 Å². The van der Waals surface area contributed by atoms with E-state index in [1.165, 1.54) is 42.4 Å². The third-order valence-electron chi connectivity index (χ3n) is 5.19. The first-order valence-electron chi connectivity index (χ1n) is 9.27. The zero-order valence-electron chi connectivity index (χ0n) is 14.7. The van der Waals surface area contributed by atoms with E-state index in [9.17, 15) is 0 Å². The summed E-state index contributed by atoms with van der Waals surface area (Å²) in [5, 5.41) is 0.793. The highest BCUT2D eigenvalue weighted by molar-refractivity contribution is 6.30. The van der Waals surface area contributed by atoms with Crippen molar-refractivity contribution in [1.82, 2.24) is 0 Å². The first-order chi connectivity index (χ1) is 11.7. The Kier molecular flexibility index (Phi) is 5.84. The Morgan fingerprint density at radius 2 is 1.79 bits per heavy atom. The molecule has 2 aromatic rings. The van der Waals surface area contributed by atoms with E-state index in [2.05, 4.69) is 50.2 Å². The van der Waals surface area contributed by atoms with Gasteiger partial charge >= 0.3 is 0 Å². The monoisotopic (exact) mass is 342 g/mol. The van der Waals surface area contributed by atoms with Crippen molar-refractivity contribution < 1.29 is 4.74 Å². The van der Waals surface area contributed by atoms with Crippen molar-refractivity contribution in [2.45, 2.75) is 64.4 Å². The summed E-state index contributed by atoms with van der Waals surface area (Å²) in [7, 11) is 0. The van der Waals surface area contributed by atoms with Gasteiger partial charge in [-0.15, -0.1) is 0 Å². The lowest BCUT2D eigenvalue weighted by molar-refractivity contribution is 0.210. The van der Waals surface area contributed by atoms with Crippen molar-refractivity contribution in [2.24, 2.45) is 0 Å². The zero-order valence-corrected chi connectivity index (χ0v) is 15.5. The molecule has 2 heteroatoms. The molecule has 1 nitrogen and oxygen atoms in total. The van der Waals surface area contributed by atoms with Gasteiger partial charge in [0.15, 0.2) is 0 Å². The van der Waals surface area contributed by atoms with E-state index >= 15 is 0 Å². The number of hydrogen-bond donors (Lipinski definition) is 0. The molecule has 0 unspecified atom stereocenters. The second kappa shape index (κ2) is 8.07. The van der Waals surface area contributed by atoms with E-state index < -0.39 is 0 Å². The van der Waals surface area contributed by atoms with E-state index in [1.807, 2.05) is 6.07 Å². The van der Waals surface area contributed by atoms with Crippen molar-refractivity contribution in [1.29, 1.82) is 0 Å². The molecule has 24 heavy (non-hydrogen) atoms. The minimum atomic E-state index is 0.387. The molecule has 1 saturated carbocycles. The molecule has 1 aliphatic carbocycles. The number of ether oxygens (including phenoxy) is 1. The van der Waals surface area contributed by atoms with Gasteiger partial charge in [-0.1, -0.05) is 43.6 Å². The molecule has 0 spiro atoms. The summed E-state index contributed by atoms with van der Waals surface area (Å²) in [6, 6.07) is 14.8. The van der Waals surface area contributed by atoms with Gasteiger partial charge in [-0.3, -0.25) is 0 Å². The summed E-state index contributed by atoms with van der Waals surface area (Å²) in [5.74, 6) is 1.55. The second-order valence-electron chi connectivity index (χ2n) is 6.80. The van der Waals surface area contributed by atoms with Gasteiger partial charge in [0.25, 0.3) is 0 Å². The fourth-order valence-electron chi connectivity index (χ4n) is 3.80. The van der Waals surface area contributed by atoms with Gasteiger partial charge in [0.05, 0.1) is 6.10 Å². The van der Waals surface area contributed by atoms with Crippen LogP contribution in [0.25, 0.3) is 11.1 Å². The predicted molar refractivity (Wildman–Crippen MR) is 103 cm³/mol. The Morgan fingerprint density at radius 3 is 2.50 bits per heavy atom. The van der Waals surface area contributed by atoms with Gasteiger partial charge in [-0.05, 0) is 85.4 Å². The molecule has 1 aliphatic rings. The Morgan fingerprint density at radius 1 is 1.04 bits per heavy atom. The third-order valence-corrected chi connectivity index (χ3v) is 5.43. The third kappa shape index (κ3) is 3.95.